The molecule has 5 nitrogen and oxygen atoms in total. The van der Waals surface area contributed by atoms with E-state index in [0.29, 0.717) is 5.41 Å². The number of carboxylic acid groups (broad SMARTS) is 2. The van der Waals surface area contributed by atoms with Crippen molar-refractivity contribution in [2.24, 2.45) is 28.6 Å². The summed E-state index contributed by atoms with van der Waals surface area (Å²) in [4.78, 5) is 23.6. The largest absolute Gasteiger partial charge is 0.481 e. The van der Waals surface area contributed by atoms with Crippen molar-refractivity contribution < 1.29 is 19.8 Å². The third-order valence-electron chi connectivity index (χ3n) is 7.57. The average Bonchev–Trinajstić information content (AvgIpc) is 2.67. The number of piperidine rings is 1. The zero-order chi connectivity index (χ0) is 23.5. The lowest BCUT2D eigenvalue weighted by atomic mass is 9.60. The fourth-order valence-corrected chi connectivity index (χ4v) is 5.79. The van der Waals surface area contributed by atoms with E-state index in [1.807, 2.05) is 0 Å². The Morgan fingerprint density at radius 2 is 1.48 bits per heavy atom. The lowest BCUT2D eigenvalue weighted by Crippen LogP contribution is -2.44. The highest BCUT2D eigenvalue weighted by molar-refractivity contribution is 5.78. The van der Waals surface area contributed by atoms with Crippen molar-refractivity contribution in [3.63, 3.8) is 0 Å². The first-order valence-corrected chi connectivity index (χ1v) is 12.7. The third kappa shape index (κ3) is 10.4. The molecule has 0 spiro atoms. The molecular weight excluding hydrogens is 390 g/mol. The van der Waals surface area contributed by atoms with Gasteiger partial charge in [-0.1, -0.05) is 73.1 Å². The van der Waals surface area contributed by atoms with Gasteiger partial charge in [0.1, 0.15) is 0 Å². The summed E-state index contributed by atoms with van der Waals surface area (Å²) in [7, 11) is 0. The Morgan fingerprint density at radius 1 is 0.903 bits per heavy atom. The molecule has 3 N–H and O–H groups in total. The molecular formula is C26H49NO4. The lowest BCUT2D eigenvalue weighted by Gasteiger charge is -2.44. The number of carboxylic acids is 2. The molecule has 2 atom stereocenters. The van der Waals surface area contributed by atoms with Crippen LogP contribution in [0.3, 0.4) is 0 Å². The maximum absolute atomic E-state index is 12.1. The molecule has 182 valence electrons. The number of carbonyl (C=O) groups is 2. The van der Waals surface area contributed by atoms with Gasteiger partial charge in [0, 0.05) is 0 Å². The molecule has 1 aliphatic heterocycles. The maximum atomic E-state index is 12.1. The fourth-order valence-electron chi connectivity index (χ4n) is 5.79. The molecule has 5 heteroatoms. The summed E-state index contributed by atoms with van der Waals surface area (Å²) in [5.41, 5.74) is 0.109. The Morgan fingerprint density at radius 3 is 2.03 bits per heavy atom. The van der Waals surface area contributed by atoms with E-state index in [4.69, 9.17) is 0 Å². The van der Waals surface area contributed by atoms with Gasteiger partial charge in [-0.2, -0.15) is 0 Å². The first-order chi connectivity index (χ1) is 14.5. The van der Waals surface area contributed by atoms with Crippen molar-refractivity contribution in [1.29, 1.82) is 0 Å². The molecule has 1 aliphatic rings. The Kier molecular flexibility index (Phi) is 12.1. The average molecular weight is 440 g/mol. The predicted molar refractivity (Wildman–Crippen MR) is 127 cm³/mol. The molecule has 0 bridgehead atoms. The summed E-state index contributed by atoms with van der Waals surface area (Å²) in [6, 6.07) is 0. The molecule has 0 aromatic rings. The van der Waals surface area contributed by atoms with Gasteiger partial charge >= 0.3 is 11.9 Å². The molecule has 0 saturated carbocycles. The van der Waals surface area contributed by atoms with E-state index in [1.165, 1.54) is 38.5 Å². The number of nitrogens with one attached hydrogen (secondary N) is 1. The SMILES string of the molecule is CCCCCCCC(C)(C)CCCC(C)(C)C(C1CCNCC1)C(CC(=O)O)C(=O)O. The Bertz CT molecular complexity index is 538. The minimum atomic E-state index is -1.01. The second-order valence-corrected chi connectivity index (χ2v) is 11.3. The third-order valence-corrected chi connectivity index (χ3v) is 7.57. The van der Waals surface area contributed by atoms with Crippen LogP contribution in [0.25, 0.3) is 0 Å². The second kappa shape index (κ2) is 13.4. The van der Waals surface area contributed by atoms with E-state index in [-0.39, 0.29) is 23.7 Å². The molecule has 31 heavy (non-hydrogen) atoms. The first kappa shape index (κ1) is 27.9. The van der Waals surface area contributed by atoms with Crippen LogP contribution in [-0.2, 0) is 9.59 Å². The van der Waals surface area contributed by atoms with Gasteiger partial charge < -0.3 is 15.5 Å². The van der Waals surface area contributed by atoms with Crippen LogP contribution in [-0.4, -0.2) is 35.2 Å². The van der Waals surface area contributed by atoms with Crippen LogP contribution in [0.4, 0.5) is 0 Å². The highest BCUT2D eigenvalue weighted by Crippen LogP contribution is 2.46. The minimum absolute atomic E-state index is 0.111. The minimum Gasteiger partial charge on any atom is -0.481 e. The quantitative estimate of drug-likeness (QED) is 0.244. The second-order valence-electron chi connectivity index (χ2n) is 11.3. The van der Waals surface area contributed by atoms with E-state index in [1.54, 1.807) is 0 Å². The number of rotatable bonds is 16. The van der Waals surface area contributed by atoms with E-state index in [0.717, 1.165) is 45.2 Å². The molecule has 1 rings (SSSR count). The molecule has 0 radical (unpaired) electrons. The lowest BCUT2D eigenvalue weighted by molar-refractivity contribution is -0.154. The summed E-state index contributed by atoms with van der Waals surface area (Å²) in [6.45, 7) is 13.1. The van der Waals surface area contributed by atoms with Crippen LogP contribution in [0.15, 0.2) is 0 Å². The maximum Gasteiger partial charge on any atom is 0.307 e. The van der Waals surface area contributed by atoms with Gasteiger partial charge in [0.05, 0.1) is 12.3 Å². The van der Waals surface area contributed by atoms with Crippen LogP contribution < -0.4 is 5.32 Å². The van der Waals surface area contributed by atoms with Crippen LogP contribution >= 0.6 is 0 Å². The fraction of sp³-hybridized carbons (Fsp3) is 0.923. The van der Waals surface area contributed by atoms with Gasteiger partial charge in [-0.3, -0.25) is 9.59 Å². The Labute approximate surface area is 190 Å². The van der Waals surface area contributed by atoms with Gasteiger partial charge in [-0.15, -0.1) is 0 Å². The first-order valence-electron chi connectivity index (χ1n) is 12.7. The molecule has 0 amide bonds. The van der Waals surface area contributed by atoms with Crippen molar-refractivity contribution >= 4 is 11.9 Å². The monoisotopic (exact) mass is 439 g/mol. The smallest absolute Gasteiger partial charge is 0.307 e. The molecule has 1 fully saturated rings. The van der Waals surface area contributed by atoms with E-state index < -0.39 is 17.9 Å². The van der Waals surface area contributed by atoms with E-state index >= 15 is 0 Å². The highest BCUT2D eigenvalue weighted by atomic mass is 16.4. The zero-order valence-corrected chi connectivity index (χ0v) is 20.8. The van der Waals surface area contributed by atoms with Crippen molar-refractivity contribution in [1.82, 2.24) is 5.32 Å². The summed E-state index contributed by atoms with van der Waals surface area (Å²) in [6.07, 6.45) is 12.5. The summed E-state index contributed by atoms with van der Waals surface area (Å²) >= 11 is 0. The van der Waals surface area contributed by atoms with Crippen molar-refractivity contribution in [2.45, 2.75) is 112 Å². The van der Waals surface area contributed by atoms with E-state index in [9.17, 15) is 19.8 Å². The van der Waals surface area contributed by atoms with Gasteiger partial charge in [-0.05, 0) is 67.9 Å². The van der Waals surface area contributed by atoms with Crippen molar-refractivity contribution in [3.8, 4) is 0 Å². The van der Waals surface area contributed by atoms with Crippen LogP contribution in [0.1, 0.15) is 112 Å². The summed E-state index contributed by atoms with van der Waals surface area (Å²) in [5, 5.41) is 22.7. The van der Waals surface area contributed by atoms with Crippen LogP contribution in [0.5, 0.6) is 0 Å². The number of hydrogen-bond donors (Lipinski definition) is 3. The van der Waals surface area contributed by atoms with Crippen molar-refractivity contribution in [3.05, 3.63) is 0 Å². The molecule has 0 aliphatic carbocycles. The number of unbranched alkanes of at least 4 members (excludes halogenated alkanes) is 4. The molecule has 1 saturated heterocycles. The van der Waals surface area contributed by atoms with Crippen molar-refractivity contribution in [2.75, 3.05) is 13.1 Å². The predicted octanol–water partition coefficient (Wildman–Crippen LogP) is 6.36. The zero-order valence-electron chi connectivity index (χ0n) is 20.8. The summed E-state index contributed by atoms with van der Waals surface area (Å²) < 4.78 is 0. The number of aliphatic carboxylic acids is 2. The van der Waals surface area contributed by atoms with Crippen LogP contribution in [0, 0.1) is 28.6 Å². The van der Waals surface area contributed by atoms with Crippen LogP contribution in [0.2, 0.25) is 0 Å². The van der Waals surface area contributed by atoms with Gasteiger partial charge in [0.2, 0.25) is 0 Å². The Hall–Kier alpha value is -1.10. The van der Waals surface area contributed by atoms with Gasteiger partial charge in [-0.25, -0.2) is 0 Å². The summed E-state index contributed by atoms with van der Waals surface area (Å²) in [5.74, 6) is -2.62. The molecule has 0 aromatic heterocycles. The highest BCUT2D eigenvalue weighted by Gasteiger charge is 2.44. The molecule has 0 aromatic carbocycles. The molecule has 1 heterocycles. The van der Waals surface area contributed by atoms with Gasteiger partial charge in [0.15, 0.2) is 0 Å². The molecule has 2 unspecified atom stereocenters. The normalized spacial score (nSPS) is 18.0. The Balaban J connectivity index is 2.77. The van der Waals surface area contributed by atoms with E-state index in [2.05, 4.69) is 39.9 Å². The topological polar surface area (TPSA) is 86.6 Å². The van der Waals surface area contributed by atoms with Gasteiger partial charge in [0.25, 0.3) is 0 Å². The standard InChI is InChI=1S/C26H49NO4/c1-6-7-8-9-10-14-25(2,3)15-11-16-26(4,5)23(20-12-17-27-18-13-20)21(24(30)31)19-22(28)29/h20-21,23,27H,6-19H2,1-5H3,(H,28,29)(H,30,31). The number of hydrogen-bond acceptors (Lipinski definition) is 3.